The summed E-state index contributed by atoms with van der Waals surface area (Å²) in [6.07, 6.45) is 0.766. The summed E-state index contributed by atoms with van der Waals surface area (Å²) in [6.45, 7) is -1.12. The van der Waals surface area contributed by atoms with Crippen LogP contribution < -0.4 is 30.4 Å². The lowest BCUT2D eigenvalue weighted by Crippen LogP contribution is -2.56. The van der Waals surface area contributed by atoms with Crippen molar-refractivity contribution in [2.24, 2.45) is 0 Å². The predicted octanol–water partition coefficient (Wildman–Crippen LogP) is -5.52. The predicted molar refractivity (Wildman–Crippen MR) is 172 cm³/mol. The highest BCUT2D eigenvalue weighted by atomic mass is 31.2. The first-order valence-electron chi connectivity index (χ1n) is 16.2. The summed E-state index contributed by atoms with van der Waals surface area (Å²) < 4.78 is 10.4. The number of rotatable bonds is 26. The Balaban J connectivity index is 2.22. The van der Waals surface area contributed by atoms with Crippen LogP contribution >= 0.6 is 8.17 Å². The van der Waals surface area contributed by atoms with E-state index in [0.717, 1.165) is 37.0 Å². The second-order valence-electron chi connectivity index (χ2n) is 12.6. The molecular formula is C34H43N3O14P-5. The SMILES string of the molecule is Cc1ccc(C(C)(CCCO[P+]([O-])(O)OCC(CN(CCN(CC(=O)[O-])CC(=O)[O-])CC(=O)[O-])N(CC(=O)[O-])CC(=O)[O-])c2ccc(C)cc2)cc1. The number of hydrogen-bond donors (Lipinski definition) is 1. The number of carboxylic acids is 5. The molecule has 0 amide bonds. The van der Waals surface area contributed by atoms with Gasteiger partial charge in [-0.15, -0.1) is 0 Å². The summed E-state index contributed by atoms with van der Waals surface area (Å²) >= 11 is 0. The van der Waals surface area contributed by atoms with Crippen LogP contribution in [0.2, 0.25) is 0 Å². The molecule has 0 heterocycles. The first-order valence-corrected chi connectivity index (χ1v) is 17.7. The molecule has 52 heavy (non-hydrogen) atoms. The molecule has 0 saturated carbocycles. The van der Waals surface area contributed by atoms with Crippen molar-refractivity contribution in [2.75, 3.05) is 65.6 Å². The van der Waals surface area contributed by atoms with Crippen molar-refractivity contribution >= 4 is 38.0 Å². The third-order valence-corrected chi connectivity index (χ3v) is 9.31. The zero-order valence-electron chi connectivity index (χ0n) is 29.2. The first-order chi connectivity index (χ1) is 24.3. The maximum Gasteiger partial charge on any atom is 0.376 e. The van der Waals surface area contributed by atoms with Gasteiger partial charge in [-0.25, -0.2) is 0 Å². The first kappa shape index (κ1) is 44.1. The van der Waals surface area contributed by atoms with Crippen LogP contribution in [-0.2, 0) is 38.4 Å². The maximum absolute atomic E-state index is 13.0. The third kappa shape index (κ3) is 16.1. The molecule has 0 aliphatic rings. The van der Waals surface area contributed by atoms with Gasteiger partial charge in [0.2, 0.25) is 0 Å². The van der Waals surface area contributed by atoms with Gasteiger partial charge in [0.15, 0.2) is 0 Å². The van der Waals surface area contributed by atoms with Crippen LogP contribution in [-0.4, -0.2) is 121 Å². The lowest BCUT2D eigenvalue weighted by molar-refractivity contribution is -0.313. The Bertz CT molecular complexity index is 1410. The summed E-state index contributed by atoms with van der Waals surface area (Å²) in [7, 11) is -4.88. The lowest BCUT2D eigenvalue weighted by atomic mass is 9.73. The number of benzene rings is 2. The quantitative estimate of drug-likeness (QED) is 0.0694. The summed E-state index contributed by atoms with van der Waals surface area (Å²) in [5.41, 5.74) is 3.66. The van der Waals surface area contributed by atoms with E-state index >= 15 is 0 Å². The van der Waals surface area contributed by atoms with E-state index < -0.39 is 95.3 Å². The second-order valence-corrected chi connectivity index (χ2v) is 14.1. The van der Waals surface area contributed by atoms with Crippen LogP contribution in [0.15, 0.2) is 48.5 Å². The number of carboxylic acid groups (broad SMARTS) is 5. The number of aliphatic carboxylic acids is 5. The van der Waals surface area contributed by atoms with Crippen LogP contribution in [0.5, 0.6) is 0 Å². The largest absolute Gasteiger partial charge is 0.606 e. The molecule has 0 aliphatic carbocycles. The Morgan fingerprint density at radius 2 is 1.10 bits per heavy atom. The Kier molecular flexibility index (Phi) is 17.7. The van der Waals surface area contributed by atoms with E-state index in [1.807, 2.05) is 69.3 Å². The van der Waals surface area contributed by atoms with Gasteiger partial charge in [0.25, 0.3) is 0 Å². The van der Waals surface area contributed by atoms with Crippen molar-refractivity contribution in [1.82, 2.24) is 14.7 Å². The van der Waals surface area contributed by atoms with E-state index in [0.29, 0.717) is 6.42 Å². The Morgan fingerprint density at radius 1 is 0.692 bits per heavy atom. The van der Waals surface area contributed by atoms with Gasteiger partial charge in [-0.3, -0.25) is 14.7 Å². The average molecular weight is 749 g/mol. The highest BCUT2D eigenvalue weighted by molar-refractivity contribution is 7.52. The van der Waals surface area contributed by atoms with E-state index in [2.05, 4.69) is 0 Å². The topological polar surface area (TPSA) is 272 Å². The number of hydrogen-bond acceptors (Lipinski definition) is 17. The monoisotopic (exact) mass is 748 g/mol. The highest BCUT2D eigenvalue weighted by Crippen LogP contribution is 2.48. The molecule has 0 fully saturated rings. The average Bonchev–Trinajstić information content (AvgIpc) is 3.02. The normalized spacial score (nSPS) is 13.6. The molecule has 0 aliphatic heterocycles. The van der Waals surface area contributed by atoms with Crippen molar-refractivity contribution in [3.63, 3.8) is 0 Å². The van der Waals surface area contributed by atoms with E-state index in [1.165, 1.54) is 0 Å². The summed E-state index contributed by atoms with van der Waals surface area (Å²) in [4.78, 5) is 82.8. The molecule has 0 bridgehead atoms. The molecule has 2 unspecified atom stereocenters. The number of carbonyl (C=O) groups is 5. The molecule has 1 N–H and O–H groups in total. The fraction of sp³-hybridized carbons (Fsp3) is 0.500. The summed E-state index contributed by atoms with van der Waals surface area (Å²) in [5, 5.41) is 56.6. The van der Waals surface area contributed by atoms with Gasteiger partial charge in [0.1, 0.15) is 6.61 Å². The fourth-order valence-corrected chi connectivity index (χ4v) is 6.41. The molecule has 0 spiro atoms. The van der Waals surface area contributed by atoms with Gasteiger partial charge in [-0.1, -0.05) is 66.6 Å². The molecule has 0 saturated heterocycles. The minimum Gasteiger partial charge on any atom is -0.606 e. The van der Waals surface area contributed by atoms with Crippen LogP contribution in [0.4, 0.5) is 0 Å². The second kappa shape index (κ2) is 20.8. The smallest absolute Gasteiger partial charge is 0.376 e. The maximum atomic E-state index is 13.0. The van der Waals surface area contributed by atoms with Gasteiger partial charge >= 0.3 is 8.17 Å². The molecule has 288 valence electrons. The van der Waals surface area contributed by atoms with Crippen molar-refractivity contribution in [3.05, 3.63) is 70.8 Å². The number of phosphoric acid groups is 1. The standard InChI is InChI=1S/C34H48N3O14P/c1-24-5-9-26(10-6-24)34(3,27-11-7-25(2)8-12-27)13-4-16-50-52(48,49)51-23-28(37(21-32(44)45)22-33(46)47)17-35(18-29(38)39)14-15-36(19-30(40)41)20-31(42)43/h5-12,28H,4,13-23H2,1-3H3,(H,38,39)(H,40,41)(H,42,43)(H,44,45)(H,46,47)(H,48,49)/p-5. The van der Waals surface area contributed by atoms with E-state index in [1.54, 1.807) is 0 Å². The molecule has 18 heteroatoms. The van der Waals surface area contributed by atoms with E-state index in [9.17, 15) is 59.3 Å². The van der Waals surface area contributed by atoms with E-state index in [4.69, 9.17) is 9.05 Å². The molecule has 0 aromatic heterocycles. The Hall–Kier alpha value is -4.06. The lowest BCUT2D eigenvalue weighted by Gasteiger charge is -2.37. The fourth-order valence-electron chi connectivity index (χ4n) is 5.62. The van der Waals surface area contributed by atoms with E-state index in [-0.39, 0.29) is 26.1 Å². The molecule has 2 aromatic rings. The number of aryl methyl sites for hydroxylation is 2. The molecule has 2 atom stereocenters. The minimum atomic E-state index is -4.88. The zero-order valence-corrected chi connectivity index (χ0v) is 30.1. The van der Waals surface area contributed by atoms with Gasteiger partial charge in [-0.05, 0) is 37.8 Å². The summed E-state index contributed by atoms with van der Waals surface area (Å²) in [5.74, 6) is -8.43. The minimum absolute atomic E-state index is 0.253. The van der Waals surface area contributed by atoms with Crippen molar-refractivity contribution < 1.29 is 68.3 Å². The molecule has 17 nitrogen and oxygen atoms in total. The summed E-state index contributed by atoms with van der Waals surface area (Å²) in [6, 6.07) is 14.6. The zero-order chi connectivity index (χ0) is 39.1. The van der Waals surface area contributed by atoms with Crippen LogP contribution in [0.3, 0.4) is 0 Å². The van der Waals surface area contributed by atoms with Crippen LogP contribution in [0.1, 0.15) is 42.0 Å². The van der Waals surface area contributed by atoms with Crippen molar-refractivity contribution in [1.29, 1.82) is 0 Å². The highest BCUT2D eigenvalue weighted by Gasteiger charge is 2.34. The Labute approximate surface area is 302 Å². The molecule has 2 rings (SSSR count). The number of nitrogens with zero attached hydrogens (tertiary/aromatic N) is 3. The van der Waals surface area contributed by atoms with Gasteiger partial charge in [-0.2, -0.15) is 13.9 Å². The van der Waals surface area contributed by atoms with Crippen LogP contribution in [0.25, 0.3) is 0 Å². The van der Waals surface area contributed by atoms with Gasteiger partial charge < -0.3 is 54.4 Å². The molecule has 2 aromatic carbocycles. The molecule has 0 radical (unpaired) electrons. The van der Waals surface area contributed by atoms with Crippen molar-refractivity contribution in [2.45, 2.75) is 45.1 Å². The molecular weight excluding hydrogens is 705 g/mol. The van der Waals surface area contributed by atoms with Gasteiger partial charge in [0.05, 0.1) is 42.5 Å². The number of phosphoric ester groups is 1. The third-order valence-electron chi connectivity index (χ3n) is 8.32. The van der Waals surface area contributed by atoms with Crippen LogP contribution in [0, 0.1) is 13.8 Å². The Morgan fingerprint density at radius 3 is 1.52 bits per heavy atom. The number of carbonyl (C=O) groups excluding carboxylic acids is 5. The van der Waals surface area contributed by atoms with Gasteiger partial charge in [0, 0.05) is 57.8 Å². The van der Waals surface area contributed by atoms with Crippen molar-refractivity contribution in [3.8, 4) is 0 Å².